The number of carbonyl (C=O) groups is 1. The first-order valence-corrected chi connectivity index (χ1v) is 3.50. The highest BCUT2D eigenvalue weighted by Crippen LogP contribution is 2.11. The molecule has 0 aliphatic rings. The van der Waals surface area contributed by atoms with Crippen molar-refractivity contribution in [2.75, 3.05) is 12.4 Å². The van der Waals surface area contributed by atoms with Crippen molar-refractivity contribution in [3.05, 3.63) is 17.8 Å². The molecule has 3 nitrogen and oxygen atoms in total. The van der Waals surface area contributed by atoms with E-state index in [1.807, 2.05) is 30.9 Å². The summed E-state index contributed by atoms with van der Waals surface area (Å²) in [5.74, 6) is 1.05. The van der Waals surface area contributed by atoms with Crippen LogP contribution in [0.5, 0.6) is 0 Å². The lowest BCUT2D eigenvalue weighted by Crippen LogP contribution is -1.94. The van der Waals surface area contributed by atoms with E-state index in [1.165, 1.54) is 0 Å². The summed E-state index contributed by atoms with van der Waals surface area (Å²) in [6.45, 7) is 1.56. The van der Waals surface area contributed by atoms with Crippen molar-refractivity contribution in [2.24, 2.45) is 7.05 Å². The van der Waals surface area contributed by atoms with Gasteiger partial charge in [-0.1, -0.05) is 0 Å². The molecule has 0 fully saturated rings. The minimum absolute atomic E-state index is 0.0992. The number of hydrogen-bond donors (Lipinski definition) is 1. The first-order valence-electron chi connectivity index (χ1n) is 3.50. The van der Waals surface area contributed by atoms with E-state index in [-0.39, 0.29) is 5.78 Å². The van der Waals surface area contributed by atoms with Gasteiger partial charge in [0.2, 0.25) is 0 Å². The standard InChI is InChI=1S/C8H12N2O/c1-6(11)7-4-8(9-2)10(3)5-7/h4-5,9H,1-3H3. The molecule has 1 aromatic rings. The maximum atomic E-state index is 10.9. The Balaban J connectivity index is 3.05. The van der Waals surface area contributed by atoms with Crippen LogP contribution in [0.2, 0.25) is 0 Å². The molecule has 0 aliphatic heterocycles. The lowest BCUT2D eigenvalue weighted by atomic mass is 10.2. The molecule has 1 aromatic heterocycles. The number of aromatic nitrogens is 1. The van der Waals surface area contributed by atoms with Crippen molar-refractivity contribution in [1.82, 2.24) is 4.57 Å². The molecule has 0 saturated heterocycles. The molecule has 1 rings (SSSR count). The molecular weight excluding hydrogens is 140 g/mol. The molecule has 0 unspecified atom stereocenters. The predicted molar refractivity (Wildman–Crippen MR) is 45.0 cm³/mol. The third kappa shape index (κ3) is 1.42. The van der Waals surface area contributed by atoms with E-state index in [0.29, 0.717) is 0 Å². The van der Waals surface area contributed by atoms with Gasteiger partial charge in [-0.3, -0.25) is 4.79 Å². The fourth-order valence-electron chi connectivity index (χ4n) is 1.01. The Morgan fingerprint density at radius 3 is 2.55 bits per heavy atom. The van der Waals surface area contributed by atoms with Crippen molar-refractivity contribution >= 4 is 11.6 Å². The van der Waals surface area contributed by atoms with Gasteiger partial charge in [-0.15, -0.1) is 0 Å². The van der Waals surface area contributed by atoms with Crippen molar-refractivity contribution in [3.63, 3.8) is 0 Å². The minimum Gasteiger partial charge on any atom is -0.375 e. The van der Waals surface area contributed by atoms with Crippen LogP contribution in [-0.4, -0.2) is 17.4 Å². The molecule has 11 heavy (non-hydrogen) atoms. The molecule has 0 aromatic carbocycles. The molecule has 0 aliphatic carbocycles. The number of Topliss-reactive ketones (excluding diaryl/α,β-unsaturated/α-hetero) is 1. The highest BCUT2D eigenvalue weighted by Gasteiger charge is 2.03. The zero-order chi connectivity index (χ0) is 8.43. The second-order valence-electron chi connectivity index (χ2n) is 2.53. The number of nitrogens with one attached hydrogen (secondary N) is 1. The van der Waals surface area contributed by atoms with Crippen LogP contribution < -0.4 is 5.32 Å². The van der Waals surface area contributed by atoms with E-state index in [0.717, 1.165) is 11.4 Å². The molecule has 0 atom stereocenters. The van der Waals surface area contributed by atoms with Gasteiger partial charge in [0.25, 0.3) is 0 Å². The van der Waals surface area contributed by atoms with Crippen molar-refractivity contribution in [3.8, 4) is 0 Å². The van der Waals surface area contributed by atoms with Gasteiger partial charge in [0, 0.05) is 25.9 Å². The van der Waals surface area contributed by atoms with E-state index in [4.69, 9.17) is 0 Å². The van der Waals surface area contributed by atoms with Gasteiger partial charge in [0.05, 0.1) is 0 Å². The molecule has 1 heterocycles. The molecule has 3 heteroatoms. The van der Waals surface area contributed by atoms with Gasteiger partial charge in [-0.05, 0) is 13.0 Å². The highest BCUT2D eigenvalue weighted by molar-refractivity contribution is 5.94. The first kappa shape index (κ1) is 7.85. The number of carbonyl (C=O) groups excluding carboxylic acids is 1. The van der Waals surface area contributed by atoms with E-state index in [9.17, 15) is 4.79 Å². The van der Waals surface area contributed by atoms with Gasteiger partial charge in [-0.2, -0.15) is 0 Å². The zero-order valence-electron chi connectivity index (χ0n) is 7.01. The Hall–Kier alpha value is -1.25. The third-order valence-electron chi connectivity index (χ3n) is 1.67. The van der Waals surface area contributed by atoms with Crippen LogP contribution in [0, 0.1) is 0 Å². The summed E-state index contributed by atoms with van der Waals surface area (Å²) in [6, 6.07) is 1.84. The fraction of sp³-hybridized carbons (Fsp3) is 0.375. The number of anilines is 1. The van der Waals surface area contributed by atoms with Crippen LogP contribution in [0.3, 0.4) is 0 Å². The summed E-state index contributed by atoms with van der Waals surface area (Å²) in [5, 5.41) is 2.98. The molecule has 1 N–H and O–H groups in total. The summed E-state index contributed by atoms with van der Waals surface area (Å²) in [4.78, 5) is 10.9. The monoisotopic (exact) mass is 152 g/mol. The summed E-state index contributed by atoms with van der Waals surface area (Å²) in [6.07, 6.45) is 1.81. The van der Waals surface area contributed by atoms with E-state index >= 15 is 0 Å². The second-order valence-corrected chi connectivity index (χ2v) is 2.53. The fourth-order valence-corrected chi connectivity index (χ4v) is 1.01. The Morgan fingerprint density at radius 2 is 2.27 bits per heavy atom. The van der Waals surface area contributed by atoms with Gasteiger partial charge in [0.15, 0.2) is 5.78 Å². The SMILES string of the molecule is CNc1cc(C(C)=O)cn1C. The highest BCUT2D eigenvalue weighted by atomic mass is 16.1. The number of rotatable bonds is 2. The molecule has 0 radical (unpaired) electrons. The Kier molecular flexibility index (Phi) is 1.98. The number of ketones is 1. The quantitative estimate of drug-likeness (QED) is 0.647. The van der Waals surface area contributed by atoms with E-state index in [2.05, 4.69) is 5.32 Å². The topological polar surface area (TPSA) is 34.0 Å². The van der Waals surface area contributed by atoms with Crippen molar-refractivity contribution < 1.29 is 4.79 Å². The van der Waals surface area contributed by atoms with Crippen LogP contribution in [0.4, 0.5) is 5.82 Å². The lowest BCUT2D eigenvalue weighted by molar-refractivity contribution is 0.101. The molecule has 60 valence electrons. The average molecular weight is 152 g/mol. The maximum absolute atomic E-state index is 10.9. The van der Waals surface area contributed by atoms with Gasteiger partial charge < -0.3 is 9.88 Å². The van der Waals surface area contributed by atoms with Crippen molar-refractivity contribution in [2.45, 2.75) is 6.92 Å². The van der Waals surface area contributed by atoms with Gasteiger partial charge in [0.1, 0.15) is 5.82 Å². The molecular formula is C8H12N2O. The Morgan fingerprint density at radius 1 is 1.64 bits per heavy atom. The zero-order valence-corrected chi connectivity index (χ0v) is 7.01. The summed E-state index contributed by atoms with van der Waals surface area (Å²) < 4.78 is 1.89. The smallest absolute Gasteiger partial charge is 0.161 e. The first-order chi connectivity index (χ1) is 5.15. The Bertz CT molecular complexity index is 276. The van der Waals surface area contributed by atoms with E-state index < -0.39 is 0 Å². The number of aryl methyl sites for hydroxylation is 1. The minimum atomic E-state index is 0.0992. The molecule has 0 bridgehead atoms. The van der Waals surface area contributed by atoms with Crippen LogP contribution in [0.1, 0.15) is 17.3 Å². The predicted octanol–water partition coefficient (Wildman–Crippen LogP) is 1.27. The summed E-state index contributed by atoms with van der Waals surface area (Å²) >= 11 is 0. The summed E-state index contributed by atoms with van der Waals surface area (Å²) in [7, 11) is 3.73. The van der Waals surface area contributed by atoms with Crippen LogP contribution >= 0.6 is 0 Å². The molecule has 0 spiro atoms. The maximum Gasteiger partial charge on any atom is 0.161 e. The van der Waals surface area contributed by atoms with Crippen LogP contribution in [0.15, 0.2) is 12.3 Å². The van der Waals surface area contributed by atoms with Crippen molar-refractivity contribution in [1.29, 1.82) is 0 Å². The Labute approximate surface area is 66.0 Å². The normalized spacial score (nSPS) is 9.73. The number of nitrogens with zero attached hydrogens (tertiary/aromatic N) is 1. The molecule has 0 saturated carbocycles. The summed E-state index contributed by atoms with van der Waals surface area (Å²) in [5.41, 5.74) is 0.747. The van der Waals surface area contributed by atoms with Crippen LogP contribution in [-0.2, 0) is 7.05 Å². The van der Waals surface area contributed by atoms with Gasteiger partial charge in [-0.25, -0.2) is 0 Å². The second kappa shape index (κ2) is 2.78. The van der Waals surface area contributed by atoms with Gasteiger partial charge >= 0.3 is 0 Å². The third-order valence-corrected chi connectivity index (χ3v) is 1.67. The molecule has 0 amide bonds. The average Bonchev–Trinajstić information content (AvgIpc) is 2.31. The lowest BCUT2D eigenvalue weighted by Gasteiger charge is -1.98. The largest absolute Gasteiger partial charge is 0.375 e. The number of hydrogen-bond acceptors (Lipinski definition) is 2. The van der Waals surface area contributed by atoms with E-state index in [1.54, 1.807) is 6.92 Å². The van der Waals surface area contributed by atoms with Crippen LogP contribution in [0.25, 0.3) is 0 Å².